The second kappa shape index (κ2) is 5.82. The Balaban J connectivity index is 0.000000148. The first-order valence-corrected chi connectivity index (χ1v) is 5.92. The maximum absolute atomic E-state index is 5.56. The van der Waals surface area contributed by atoms with Crippen LogP contribution in [0, 0.1) is 6.92 Å². The molecule has 4 heteroatoms. The fourth-order valence-corrected chi connectivity index (χ4v) is 1.56. The summed E-state index contributed by atoms with van der Waals surface area (Å²) in [6.45, 7) is 2.04. The van der Waals surface area contributed by atoms with Crippen molar-refractivity contribution in [1.29, 1.82) is 0 Å². The van der Waals surface area contributed by atoms with E-state index in [4.69, 9.17) is 11.5 Å². The number of nitrogens with two attached hydrogens (primary N) is 2. The van der Waals surface area contributed by atoms with Crippen LogP contribution in [0.4, 0.5) is 11.4 Å². The zero-order valence-electron chi connectivity index (χ0n) is 10.7. The first-order valence-electron chi connectivity index (χ1n) is 5.92. The van der Waals surface area contributed by atoms with Crippen LogP contribution in [0.1, 0.15) is 5.56 Å². The molecule has 2 aromatic carbocycles. The maximum Gasteiger partial charge on any atom is 0.116 e. The Morgan fingerprint density at radius 2 is 1.58 bits per heavy atom. The quantitative estimate of drug-likeness (QED) is 0.603. The summed E-state index contributed by atoms with van der Waals surface area (Å²) in [7, 11) is 0. The lowest BCUT2D eigenvalue weighted by molar-refractivity contribution is 1.22. The highest BCUT2D eigenvalue weighted by atomic mass is 14.8. The van der Waals surface area contributed by atoms with Gasteiger partial charge in [-0.05, 0) is 37.3 Å². The lowest BCUT2D eigenvalue weighted by Gasteiger charge is -1.95. The monoisotopic (exact) mass is 252 g/mol. The van der Waals surface area contributed by atoms with Gasteiger partial charge < -0.3 is 11.5 Å². The molecule has 0 bridgehead atoms. The molecular weight excluding hydrogens is 236 g/mol. The zero-order valence-corrected chi connectivity index (χ0v) is 10.7. The van der Waals surface area contributed by atoms with Crippen molar-refractivity contribution >= 4 is 22.3 Å². The molecule has 4 N–H and O–H groups in total. The first kappa shape index (κ1) is 12.8. The highest BCUT2D eigenvalue weighted by Gasteiger charge is 1.92. The van der Waals surface area contributed by atoms with Crippen LogP contribution in [0.15, 0.2) is 55.0 Å². The van der Waals surface area contributed by atoms with Crippen molar-refractivity contribution < 1.29 is 0 Å². The SMILES string of the molecule is Cc1ccc(N)cc1.Nc1ccc2cncnc2c1. The minimum atomic E-state index is 0.733. The molecule has 0 saturated carbocycles. The average Bonchev–Trinajstić information content (AvgIpc) is 2.43. The van der Waals surface area contributed by atoms with Crippen molar-refractivity contribution in [2.75, 3.05) is 11.5 Å². The van der Waals surface area contributed by atoms with Crippen LogP contribution in [0.3, 0.4) is 0 Å². The summed E-state index contributed by atoms with van der Waals surface area (Å²) < 4.78 is 0. The summed E-state index contributed by atoms with van der Waals surface area (Å²) in [6.07, 6.45) is 3.28. The van der Waals surface area contributed by atoms with Crippen molar-refractivity contribution in [3.8, 4) is 0 Å². The highest BCUT2D eigenvalue weighted by Crippen LogP contribution is 2.12. The Hall–Kier alpha value is -2.62. The lowest BCUT2D eigenvalue weighted by atomic mass is 10.2. The Morgan fingerprint density at radius 3 is 2.26 bits per heavy atom. The number of hydrogen-bond donors (Lipinski definition) is 2. The van der Waals surface area contributed by atoms with Gasteiger partial charge in [0.1, 0.15) is 6.33 Å². The normalized spacial score (nSPS) is 9.74. The first-order chi connectivity index (χ1) is 9.15. The largest absolute Gasteiger partial charge is 0.399 e. The Kier molecular flexibility index (Phi) is 3.93. The highest BCUT2D eigenvalue weighted by molar-refractivity contribution is 5.80. The molecule has 3 aromatic rings. The minimum Gasteiger partial charge on any atom is -0.399 e. The van der Waals surface area contributed by atoms with Gasteiger partial charge in [-0.1, -0.05) is 17.7 Å². The third kappa shape index (κ3) is 3.67. The lowest BCUT2D eigenvalue weighted by Crippen LogP contribution is -1.85. The number of benzene rings is 2. The van der Waals surface area contributed by atoms with Gasteiger partial charge in [-0.15, -0.1) is 0 Å². The van der Waals surface area contributed by atoms with E-state index < -0.39 is 0 Å². The molecule has 0 unspecified atom stereocenters. The molecule has 3 rings (SSSR count). The van der Waals surface area contributed by atoms with Crippen LogP contribution in [0.25, 0.3) is 10.9 Å². The molecule has 1 aromatic heterocycles. The second-order valence-corrected chi connectivity index (χ2v) is 4.25. The average molecular weight is 252 g/mol. The van der Waals surface area contributed by atoms with Crippen LogP contribution in [-0.4, -0.2) is 9.97 Å². The maximum atomic E-state index is 5.56. The third-order valence-corrected chi connectivity index (χ3v) is 2.61. The molecule has 0 aliphatic carbocycles. The summed E-state index contributed by atoms with van der Waals surface area (Å²) in [5.74, 6) is 0. The number of rotatable bonds is 0. The summed E-state index contributed by atoms with van der Waals surface area (Å²) in [4.78, 5) is 7.94. The van der Waals surface area contributed by atoms with E-state index in [1.165, 1.54) is 11.9 Å². The smallest absolute Gasteiger partial charge is 0.116 e. The number of nitrogen functional groups attached to an aromatic ring is 2. The van der Waals surface area contributed by atoms with Gasteiger partial charge >= 0.3 is 0 Å². The van der Waals surface area contributed by atoms with Gasteiger partial charge in [0, 0.05) is 23.0 Å². The topological polar surface area (TPSA) is 77.8 Å². The van der Waals surface area contributed by atoms with Crippen LogP contribution in [0.5, 0.6) is 0 Å². The zero-order chi connectivity index (χ0) is 13.7. The van der Waals surface area contributed by atoms with E-state index in [-0.39, 0.29) is 0 Å². The molecule has 0 atom stereocenters. The molecule has 19 heavy (non-hydrogen) atoms. The van der Waals surface area contributed by atoms with E-state index in [0.717, 1.165) is 22.3 Å². The van der Waals surface area contributed by atoms with Crippen molar-refractivity contribution in [2.24, 2.45) is 0 Å². The van der Waals surface area contributed by atoms with Gasteiger partial charge in [-0.25, -0.2) is 9.97 Å². The van der Waals surface area contributed by atoms with Gasteiger partial charge in [-0.3, -0.25) is 0 Å². The molecule has 0 aliphatic heterocycles. The molecule has 0 amide bonds. The van der Waals surface area contributed by atoms with Crippen LogP contribution in [0.2, 0.25) is 0 Å². The molecule has 0 fully saturated rings. The summed E-state index contributed by atoms with van der Waals surface area (Å²) in [5.41, 5.74) is 14.7. The summed E-state index contributed by atoms with van der Waals surface area (Å²) in [6, 6.07) is 13.4. The minimum absolute atomic E-state index is 0.733. The molecule has 96 valence electrons. The molecule has 0 saturated heterocycles. The van der Waals surface area contributed by atoms with E-state index in [2.05, 4.69) is 9.97 Å². The van der Waals surface area contributed by atoms with Crippen molar-refractivity contribution in [2.45, 2.75) is 6.92 Å². The fraction of sp³-hybridized carbons (Fsp3) is 0.0667. The second-order valence-electron chi connectivity index (χ2n) is 4.25. The summed E-state index contributed by atoms with van der Waals surface area (Å²) >= 11 is 0. The van der Waals surface area contributed by atoms with E-state index >= 15 is 0 Å². The molecule has 0 radical (unpaired) electrons. The predicted octanol–water partition coefficient (Wildman–Crippen LogP) is 2.79. The van der Waals surface area contributed by atoms with E-state index in [0.29, 0.717) is 0 Å². The number of aromatic nitrogens is 2. The third-order valence-electron chi connectivity index (χ3n) is 2.61. The van der Waals surface area contributed by atoms with Crippen LogP contribution >= 0.6 is 0 Å². The molecule has 1 heterocycles. The van der Waals surface area contributed by atoms with E-state index in [1.807, 2.05) is 49.4 Å². The van der Waals surface area contributed by atoms with E-state index in [1.54, 1.807) is 6.20 Å². The van der Waals surface area contributed by atoms with Gasteiger partial charge in [0.05, 0.1) is 5.52 Å². The predicted molar refractivity (Wildman–Crippen MR) is 79.5 cm³/mol. The van der Waals surface area contributed by atoms with Gasteiger partial charge in [-0.2, -0.15) is 0 Å². The fourth-order valence-electron chi connectivity index (χ4n) is 1.56. The van der Waals surface area contributed by atoms with Crippen molar-refractivity contribution in [1.82, 2.24) is 9.97 Å². The Bertz CT molecular complexity index is 641. The van der Waals surface area contributed by atoms with E-state index in [9.17, 15) is 0 Å². The number of hydrogen-bond acceptors (Lipinski definition) is 4. The summed E-state index contributed by atoms with van der Waals surface area (Å²) in [5, 5.41) is 1.02. The number of fused-ring (bicyclic) bond motifs is 1. The molecule has 0 spiro atoms. The number of aryl methyl sites for hydroxylation is 1. The van der Waals surface area contributed by atoms with Gasteiger partial charge in [0.15, 0.2) is 0 Å². The standard InChI is InChI=1S/C8H7N3.C7H9N/c9-7-2-1-6-4-10-5-11-8(6)3-7;1-6-2-4-7(8)5-3-6/h1-5H,9H2;2-5H,8H2,1H3. The molecule has 4 nitrogen and oxygen atoms in total. The number of nitrogens with zero attached hydrogens (tertiary/aromatic N) is 2. The molecule has 0 aliphatic rings. The van der Waals surface area contributed by atoms with Gasteiger partial charge in [0.25, 0.3) is 0 Å². The number of anilines is 2. The van der Waals surface area contributed by atoms with Gasteiger partial charge in [0.2, 0.25) is 0 Å². The van der Waals surface area contributed by atoms with Crippen LogP contribution in [-0.2, 0) is 0 Å². The van der Waals surface area contributed by atoms with Crippen LogP contribution < -0.4 is 11.5 Å². The molecular formula is C15H16N4. The Labute approximate surface area is 112 Å². The van der Waals surface area contributed by atoms with Crippen molar-refractivity contribution in [3.05, 3.63) is 60.6 Å². The Morgan fingerprint density at radius 1 is 0.895 bits per heavy atom. The van der Waals surface area contributed by atoms with Crippen molar-refractivity contribution in [3.63, 3.8) is 0 Å².